The maximum Gasteiger partial charge on any atom is 0.0451 e. The highest BCUT2D eigenvalue weighted by Gasteiger charge is 2.38. The van der Waals surface area contributed by atoms with E-state index in [0.29, 0.717) is 11.2 Å². The number of benzene rings is 7. The Labute approximate surface area is 255 Å². The molecule has 1 heteroatoms. The van der Waals surface area contributed by atoms with E-state index in [4.69, 9.17) is 0 Å². The van der Waals surface area contributed by atoms with Crippen LogP contribution in [0.3, 0.4) is 0 Å². The van der Waals surface area contributed by atoms with Gasteiger partial charge in [0.2, 0.25) is 0 Å². The van der Waals surface area contributed by atoms with E-state index in [-0.39, 0.29) is 0 Å². The Bertz CT molecular complexity index is 2360. The van der Waals surface area contributed by atoms with Crippen LogP contribution in [0.25, 0.3) is 70.6 Å². The van der Waals surface area contributed by atoms with Gasteiger partial charge in [-0.15, -0.1) is 11.8 Å². The number of thioether (sulfide) groups is 1. The molecule has 7 aromatic rings. The largest absolute Gasteiger partial charge is 0.117 e. The van der Waals surface area contributed by atoms with Crippen LogP contribution in [0.5, 0.6) is 0 Å². The summed E-state index contributed by atoms with van der Waals surface area (Å²) in [7, 11) is 0. The monoisotopic (exact) mass is 564 g/mol. The van der Waals surface area contributed by atoms with Crippen LogP contribution in [-0.4, -0.2) is 5.25 Å². The highest BCUT2D eigenvalue weighted by molar-refractivity contribution is 8.04. The molecule has 0 spiro atoms. The maximum atomic E-state index is 2.45. The van der Waals surface area contributed by atoms with Crippen LogP contribution in [0.15, 0.2) is 144 Å². The van der Waals surface area contributed by atoms with Gasteiger partial charge in [-0.3, -0.25) is 0 Å². The van der Waals surface area contributed by atoms with Gasteiger partial charge < -0.3 is 0 Å². The van der Waals surface area contributed by atoms with E-state index in [2.05, 4.69) is 145 Å². The molecule has 1 heterocycles. The topological polar surface area (TPSA) is 0 Å². The second kappa shape index (κ2) is 8.96. The van der Waals surface area contributed by atoms with Crippen molar-refractivity contribution >= 4 is 71.2 Å². The quantitative estimate of drug-likeness (QED) is 0.149. The van der Waals surface area contributed by atoms with Crippen molar-refractivity contribution in [1.82, 2.24) is 0 Å². The van der Waals surface area contributed by atoms with Crippen molar-refractivity contribution in [2.75, 3.05) is 0 Å². The first kappa shape index (κ1) is 23.9. The first-order chi connectivity index (χ1) is 21.3. The van der Waals surface area contributed by atoms with Crippen LogP contribution in [-0.2, 0) is 0 Å². The van der Waals surface area contributed by atoms with Crippen molar-refractivity contribution < 1.29 is 0 Å². The number of allylic oxidation sites excluding steroid dienone is 6. The Hall–Kier alpha value is -4.59. The molecule has 202 valence electrons. The Morgan fingerprint density at radius 1 is 0.581 bits per heavy atom. The fraction of sp³-hybridized carbons (Fsp3) is 0.0952. The van der Waals surface area contributed by atoms with E-state index in [1.54, 1.807) is 5.57 Å². The molecule has 0 N–H and O–H groups in total. The SMILES string of the molecule is C1=CC2C3=C(C=CCC3)SC2C(c2c3ccccc3c(-c3ccc4ccc5cccc6ccc3c4c56)c3ccccc23)=C1. The highest BCUT2D eigenvalue weighted by atomic mass is 32.2. The van der Waals surface area contributed by atoms with Crippen molar-refractivity contribution in [2.24, 2.45) is 5.92 Å². The summed E-state index contributed by atoms with van der Waals surface area (Å²) < 4.78 is 0. The number of fused-ring (bicyclic) bond motifs is 4. The minimum atomic E-state index is 0.421. The van der Waals surface area contributed by atoms with E-state index in [1.807, 2.05) is 0 Å². The van der Waals surface area contributed by atoms with Crippen molar-refractivity contribution in [1.29, 1.82) is 0 Å². The van der Waals surface area contributed by atoms with Crippen molar-refractivity contribution in [3.63, 3.8) is 0 Å². The summed E-state index contributed by atoms with van der Waals surface area (Å²) in [6.45, 7) is 0. The molecule has 2 unspecified atom stereocenters. The average molecular weight is 565 g/mol. The average Bonchev–Trinajstić information content (AvgIpc) is 3.45. The van der Waals surface area contributed by atoms with Gasteiger partial charge in [-0.2, -0.15) is 0 Å². The fourth-order valence-electron chi connectivity index (χ4n) is 8.25. The predicted molar refractivity (Wildman–Crippen MR) is 188 cm³/mol. The van der Waals surface area contributed by atoms with Gasteiger partial charge in [-0.05, 0) is 94.5 Å². The second-order valence-electron chi connectivity index (χ2n) is 12.2. The smallest absolute Gasteiger partial charge is 0.0451 e. The van der Waals surface area contributed by atoms with E-state index < -0.39 is 0 Å². The molecule has 2 aliphatic carbocycles. The molecule has 0 aromatic heterocycles. The molecule has 0 nitrogen and oxygen atoms in total. The predicted octanol–water partition coefficient (Wildman–Crippen LogP) is 11.8. The Morgan fingerprint density at radius 2 is 1.23 bits per heavy atom. The molecule has 43 heavy (non-hydrogen) atoms. The molecule has 0 saturated carbocycles. The van der Waals surface area contributed by atoms with Crippen molar-refractivity contribution in [2.45, 2.75) is 18.1 Å². The molecule has 0 radical (unpaired) electrons. The standard InChI is InChI=1S/C42H28S/c1-3-14-31-29(12-1)40(34-24-22-27-20-19-25-9-7-10-26-21-23-33(34)39(27)38(25)26)30-13-2-4-15-32(30)41(31)36-17-8-16-35-28-11-5-6-18-37(28)43-42(35)36/h1-4,6-10,12-24,35,42H,5,11H2. The summed E-state index contributed by atoms with van der Waals surface area (Å²) >= 11 is 2.08. The highest BCUT2D eigenvalue weighted by Crippen LogP contribution is 2.55. The molecule has 3 aliphatic rings. The molecule has 7 aromatic carbocycles. The molecule has 2 atom stereocenters. The Balaban J connectivity index is 1.28. The Kier molecular flexibility index (Phi) is 4.98. The van der Waals surface area contributed by atoms with E-state index >= 15 is 0 Å². The van der Waals surface area contributed by atoms with Gasteiger partial charge in [-0.1, -0.05) is 134 Å². The number of hydrogen-bond donors (Lipinski definition) is 0. The zero-order valence-electron chi connectivity index (χ0n) is 23.7. The first-order valence-corrected chi connectivity index (χ1v) is 16.3. The van der Waals surface area contributed by atoms with Gasteiger partial charge >= 0.3 is 0 Å². The van der Waals surface area contributed by atoms with Crippen molar-refractivity contribution in [3.8, 4) is 11.1 Å². The van der Waals surface area contributed by atoms with Crippen LogP contribution in [0.2, 0.25) is 0 Å². The third kappa shape index (κ3) is 3.29. The lowest BCUT2D eigenvalue weighted by molar-refractivity contribution is 0.746. The molecule has 0 saturated heterocycles. The molecular weight excluding hydrogens is 537 g/mol. The lowest BCUT2D eigenvalue weighted by Gasteiger charge is -2.28. The van der Waals surface area contributed by atoms with Gasteiger partial charge in [0.15, 0.2) is 0 Å². The van der Waals surface area contributed by atoms with Gasteiger partial charge in [0, 0.05) is 16.1 Å². The minimum Gasteiger partial charge on any atom is -0.117 e. The summed E-state index contributed by atoms with van der Waals surface area (Å²) in [5.74, 6) is 0.486. The van der Waals surface area contributed by atoms with Gasteiger partial charge in [0.25, 0.3) is 0 Å². The zero-order chi connectivity index (χ0) is 28.1. The normalized spacial score (nSPS) is 19.7. The van der Waals surface area contributed by atoms with Crippen LogP contribution in [0.1, 0.15) is 18.4 Å². The molecule has 10 rings (SSSR count). The summed E-state index contributed by atoms with van der Waals surface area (Å²) in [6, 6.07) is 38.9. The summed E-state index contributed by atoms with van der Waals surface area (Å²) in [6.07, 6.45) is 14.3. The molecule has 0 bridgehead atoms. The van der Waals surface area contributed by atoms with Crippen LogP contribution in [0, 0.1) is 5.92 Å². The third-order valence-electron chi connectivity index (χ3n) is 10.1. The number of rotatable bonds is 2. The molecular formula is C42H28S. The van der Waals surface area contributed by atoms with Crippen LogP contribution in [0.4, 0.5) is 0 Å². The summed E-state index contributed by atoms with van der Waals surface area (Å²) in [4.78, 5) is 1.50. The maximum absolute atomic E-state index is 2.45. The molecule has 0 fully saturated rings. The van der Waals surface area contributed by atoms with Gasteiger partial charge in [0.1, 0.15) is 0 Å². The van der Waals surface area contributed by atoms with Crippen molar-refractivity contribution in [3.05, 3.63) is 150 Å². The summed E-state index contributed by atoms with van der Waals surface area (Å²) in [5.41, 5.74) is 7.17. The zero-order valence-corrected chi connectivity index (χ0v) is 24.5. The lowest BCUT2D eigenvalue weighted by Crippen LogP contribution is -2.18. The van der Waals surface area contributed by atoms with E-state index in [9.17, 15) is 0 Å². The van der Waals surface area contributed by atoms with Crippen LogP contribution < -0.4 is 0 Å². The van der Waals surface area contributed by atoms with Gasteiger partial charge in [-0.25, -0.2) is 0 Å². The van der Waals surface area contributed by atoms with Gasteiger partial charge in [0.05, 0.1) is 0 Å². The summed E-state index contributed by atoms with van der Waals surface area (Å²) in [5, 5.41) is 13.8. The fourth-order valence-corrected chi connectivity index (χ4v) is 9.82. The lowest BCUT2D eigenvalue weighted by atomic mass is 9.78. The van der Waals surface area contributed by atoms with E-state index in [0.717, 1.165) is 6.42 Å². The van der Waals surface area contributed by atoms with E-state index in [1.165, 1.54) is 87.5 Å². The molecule has 0 amide bonds. The Morgan fingerprint density at radius 3 is 1.98 bits per heavy atom. The first-order valence-electron chi connectivity index (χ1n) is 15.4. The minimum absolute atomic E-state index is 0.421. The van der Waals surface area contributed by atoms with Crippen LogP contribution >= 0.6 is 11.8 Å². The number of hydrogen-bond acceptors (Lipinski definition) is 1. The third-order valence-corrected chi connectivity index (χ3v) is 11.5. The molecule has 1 aliphatic heterocycles. The second-order valence-corrected chi connectivity index (χ2v) is 13.4.